The molecule has 1 heterocycles. The number of nitrogens with zero attached hydrogens (tertiary/aromatic N) is 4. The van der Waals surface area contributed by atoms with E-state index >= 15 is 0 Å². The maximum atomic E-state index is 11.2. The Balaban J connectivity index is 2.53. The Labute approximate surface area is 121 Å². The first kappa shape index (κ1) is 14.3. The molecule has 2 N–H and O–H groups in total. The maximum Gasteiger partial charge on any atom is 0.312 e. The number of nitriles is 1. The van der Waals surface area contributed by atoms with Gasteiger partial charge < -0.3 is 10.6 Å². The second-order valence-electron chi connectivity index (χ2n) is 4.23. The minimum atomic E-state index is -0.510. The van der Waals surface area contributed by atoms with E-state index in [0.717, 1.165) is 0 Å². The number of benzene rings is 1. The first-order chi connectivity index (χ1) is 10.1. The van der Waals surface area contributed by atoms with Gasteiger partial charge in [-0.3, -0.25) is 10.1 Å². The summed E-state index contributed by atoms with van der Waals surface area (Å²) in [6.07, 6.45) is 0.211. The molecule has 106 valence electrons. The van der Waals surface area contributed by atoms with E-state index in [1.807, 2.05) is 24.3 Å². The van der Waals surface area contributed by atoms with E-state index in [9.17, 15) is 10.1 Å². The Hall–Kier alpha value is -3.14. The predicted molar refractivity (Wildman–Crippen MR) is 79.0 cm³/mol. The van der Waals surface area contributed by atoms with Crippen LogP contribution in [0.5, 0.6) is 0 Å². The third kappa shape index (κ3) is 3.25. The molecule has 0 aliphatic rings. The van der Waals surface area contributed by atoms with Crippen molar-refractivity contribution in [1.29, 1.82) is 5.26 Å². The molecule has 7 heteroatoms. The number of para-hydroxylation sites is 1. The van der Waals surface area contributed by atoms with Crippen LogP contribution in [0.2, 0.25) is 0 Å². The SMILES string of the molecule is N#CCCN(c1ccccc1)c1nc(N)ccc1[N+](=O)[O-]. The largest absolute Gasteiger partial charge is 0.384 e. The molecular weight excluding hydrogens is 270 g/mol. The number of hydrogen-bond acceptors (Lipinski definition) is 6. The van der Waals surface area contributed by atoms with Gasteiger partial charge in [0, 0.05) is 18.3 Å². The minimum Gasteiger partial charge on any atom is -0.384 e. The molecular formula is C14H13N5O2. The highest BCUT2D eigenvalue weighted by Gasteiger charge is 2.22. The van der Waals surface area contributed by atoms with Crippen LogP contribution in [0.15, 0.2) is 42.5 Å². The van der Waals surface area contributed by atoms with E-state index in [0.29, 0.717) is 5.69 Å². The van der Waals surface area contributed by atoms with Crippen LogP contribution in [-0.2, 0) is 0 Å². The van der Waals surface area contributed by atoms with Crippen molar-refractivity contribution in [2.24, 2.45) is 0 Å². The first-order valence-electron chi connectivity index (χ1n) is 6.24. The van der Waals surface area contributed by atoms with Crippen LogP contribution >= 0.6 is 0 Å². The molecule has 7 nitrogen and oxygen atoms in total. The summed E-state index contributed by atoms with van der Waals surface area (Å²) in [7, 11) is 0. The van der Waals surface area contributed by atoms with Crippen molar-refractivity contribution in [3.05, 3.63) is 52.6 Å². The number of anilines is 3. The third-order valence-corrected chi connectivity index (χ3v) is 2.84. The molecule has 0 fully saturated rings. The lowest BCUT2D eigenvalue weighted by Gasteiger charge is -2.22. The Kier molecular flexibility index (Phi) is 4.31. The standard InChI is InChI=1S/C14H13N5O2/c15-9-4-10-18(11-5-2-1-3-6-11)14-12(19(20)21)7-8-13(16)17-14/h1-3,5-8H,4,10H2,(H2,16,17). The van der Waals surface area contributed by atoms with Gasteiger partial charge in [-0.15, -0.1) is 0 Å². The summed E-state index contributed by atoms with van der Waals surface area (Å²) >= 11 is 0. The number of aromatic nitrogens is 1. The summed E-state index contributed by atoms with van der Waals surface area (Å²) in [5, 5.41) is 20.0. The summed E-state index contributed by atoms with van der Waals surface area (Å²) in [6, 6.07) is 13.8. The summed E-state index contributed by atoms with van der Waals surface area (Å²) in [6.45, 7) is 0.289. The molecule has 0 bridgehead atoms. The van der Waals surface area contributed by atoms with Crippen LogP contribution in [0, 0.1) is 21.4 Å². The molecule has 1 aromatic carbocycles. The Morgan fingerprint density at radius 2 is 2.00 bits per heavy atom. The number of rotatable bonds is 5. The van der Waals surface area contributed by atoms with E-state index < -0.39 is 4.92 Å². The monoisotopic (exact) mass is 283 g/mol. The van der Waals surface area contributed by atoms with Gasteiger partial charge in [-0.2, -0.15) is 5.26 Å². The lowest BCUT2D eigenvalue weighted by molar-refractivity contribution is -0.384. The smallest absolute Gasteiger partial charge is 0.312 e. The number of nitro groups is 1. The fourth-order valence-electron chi connectivity index (χ4n) is 1.92. The Bertz CT molecular complexity index is 682. The minimum absolute atomic E-state index is 0.140. The molecule has 21 heavy (non-hydrogen) atoms. The van der Waals surface area contributed by atoms with Gasteiger partial charge in [0.25, 0.3) is 0 Å². The number of hydrogen-bond donors (Lipinski definition) is 1. The Morgan fingerprint density at radius 3 is 2.62 bits per heavy atom. The van der Waals surface area contributed by atoms with Crippen LogP contribution in [0.4, 0.5) is 23.0 Å². The lowest BCUT2D eigenvalue weighted by Crippen LogP contribution is -2.21. The second-order valence-corrected chi connectivity index (χ2v) is 4.23. The van der Waals surface area contributed by atoms with Crippen LogP contribution < -0.4 is 10.6 Å². The molecule has 0 saturated carbocycles. The van der Waals surface area contributed by atoms with Crippen LogP contribution in [-0.4, -0.2) is 16.5 Å². The van der Waals surface area contributed by atoms with Crippen LogP contribution in [0.25, 0.3) is 0 Å². The quantitative estimate of drug-likeness (QED) is 0.667. The molecule has 2 rings (SSSR count). The lowest BCUT2D eigenvalue weighted by atomic mass is 10.2. The number of nitrogen functional groups attached to an aromatic ring is 1. The topological polar surface area (TPSA) is 109 Å². The van der Waals surface area contributed by atoms with E-state index in [2.05, 4.69) is 4.98 Å². The molecule has 2 aromatic rings. The van der Waals surface area contributed by atoms with Crippen molar-refractivity contribution >= 4 is 23.0 Å². The third-order valence-electron chi connectivity index (χ3n) is 2.84. The zero-order valence-corrected chi connectivity index (χ0v) is 11.1. The van der Waals surface area contributed by atoms with Crippen molar-refractivity contribution in [1.82, 2.24) is 4.98 Å². The van der Waals surface area contributed by atoms with Crippen LogP contribution in [0.1, 0.15) is 6.42 Å². The highest BCUT2D eigenvalue weighted by atomic mass is 16.6. The predicted octanol–water partition coefficient (Wildman–Crippen LogP) is 2.62. The van der Waals surface area contributed by atoms with Gasteiger partial charge in [0.2, 0.25) is 5.82 Å². The summed E-state index contributed by atoms with van der Waals surface area (Å²) in [4.78, 5) is 16.4. The van der Waals surface area contributed by atoms with Gasteiger partial charge in [-0.1, -0.05) is 18.2 Å². The second kappa shape index (κ2) is 6.34. The first-order valence-corrected chi connectivity index (χ1v) is 6.24. The zero-order chi connectivity index (χ0) is 15.2. The molecule has 0 atom stereocenters. The summed E-state index contributed by atoms with van der Waals surface area (Å²) < 4.78 is 0. The van der Waals surface area contributed by atoms with Crippen molar-refractivity contribution in [2.45, 2.75) is 6.42 Å². The molecule has 1 aromatic heterocycles. The summed E-state index contributed by atoms with van der Waals surface area (Å²) in [5.41, 5.74) is 6.22. The van der Waals surface area contributed by atoms with Gasteiger partial charge in [-0.25, -0.2) is 4.98 Å². The number of nitrogens with two attached hydrogens (primary N) is 1. The van der Waals surface area contributed by atoms with Crippen molar-refractivity contribution < 1.29 is 4.92 Å². The van der Waals surface area contributed by atoms with Crippen molar-refractivity contribution in [2.75, 3.05) is 17.2 Å². The highest BCUT2D eigenvalue weighted by Crippen LogP contribution is 2.32. The van der Waals surface area contributed by atoms with Gasteiger partial charge in [0.1, 0.15) is 5.82 Å². The molecule has 0 aliphatic heterocycles. The molecule has 0 aliphatic carbocycles. The van der Waals surface area contributed by atoms with Gasteiger partial charge in [-0.05, 0) is 18.2 Å². The molecule has 0 amide bonds. The van der Waals surface area contributed by atoms with E-state index in [-0.39, 0.29) is 30.3 Å². The van der Waals surface area contributed by atoms with Gasteiger partial charge in [0.05, 0.1) is 17.4 Å². The molecule has 0 spiro atoms. The van der Waals surface area contributed by atoms with Crippen LogP contribution in [0.3, 0.4) is 0 Å². The average molecular weight is 283 g/mol. The summed E-state index contributed by atoms with van der Waals surface area (Å²) in [5.74, 6) is 0.329. The van der Waals surface area contributed by atoms with Crippen molar-refractivity contribution in [3.63, 3.8) is 0 Å². The average Bonchev–Trinajstić information content (AvgIpc) is 2.48. The highest BCUT2D eigenvalue weighted by molar-refractivity contribution is 5.69. The molecule has 0 unspecified atom stereocenters. The van der Waals surface area contributed by atoms with Gasteiger partial charge in [0.15, 0.2) is 0 Å². The Morgan fingerprint density at radius 1 is 1.29 bits per heavy atom. The van der Waals surface area contributed by atoms with Crippen molar-refractivity contribution in [3.8, 4) is 6.07 Å². The van der Waals surface area contributed by atoms with E-state index in [4.69, 9.17) is 11.0 Å². The maximum absolute atomic E-state index is 11.2. The number of pyridine rings is 1. The van der Waals surface area contributed by atoms with Gasteiger partial charge >= 0.3 is 5.69 Å². The fourth-order valence-corrected chi connectivity index (χ4v) is 1.92. The zero-order valence-electron chi connectivity index (χ0n) is 11.1. The van der Waals surface area contributed by atoms with E-state index in [1.54, 1.807) is 17.0 Å². The normalized spacial score (nSPS) is 9.86. The molecule has 0 radical (unpaired) electrons. The molecule has 0 saturated heterocycles. The van der Waals surface area contributed by atoms with E-state index in [1.165, 1.54) is 12.1 Å². The fraction of sp³-hybridized carbons (Fsp3) is 0.143.